The third kappa shape index (κ3) is 2.30. The fourth-order valence-electron chi connectivity index (χ4n) is 1.76. The van der Waals surface area contributed by atoms with E-state index in [0.29, 0.717) is 5.69 Å². The fourth-order valence-corrected chi connectivity index (χ4v) is 1.76. The van der Waals surface area contributed by atoms with Crippen LogP contribution in [0.4, 0.5) is 10.1 Å². The summed E-state index contributed by atoms with van der Waals surface area (Å²) in [6.45, 7) is 1.62. The predicted molar refractivity (Wildman–Crippen MR) is 59.6 cm³/mol. The largest absolute Gasteiger partial charge is 0.399 e. The predicted octanol–water partition coefficient (Wildman–Crippen LogP) is 0.500. The lowest BCUT2D eigenvalue weighted by Crippen LogP contribution is -2.36. The van der Waals surface area contributed by atoms with Gasteiger partial charge in [0.2, 0.25) is 0 Å². The normalized spacial score (nSPS) is 19.7. The van der Waals surface area contributed by atoms with Crippen molar-refractivity contribution in [2.45, 2.75) is 12.5 Å². The van der Waals surface area contributed by atoms with Crippen LogP contribution < -0.4 is 16.4 Å². The van der Waals surface area contributed by atoms with Gasteiger partial charge in [-0.25, -0.2) is 4.39 Å². The van der Waals surface area contributed by atoms with Gasteiger partial charge in [0.15, 0.2) is 0 Å². The first kappa shape index (κ1) is 10.9. The molecular weight excluding hydrogens is 209 g/mol. The minimum absolute atomic E-state index is 0.0427. The highest BCUT2D eigenvalue weighted by Crippen LogP contribution is 2.12. The zero-order valence-electron chi connectivity index (χ0n) is 8.79. The summed E-state index contributed by atoms with van der Waals surface area (Å²) in [5, 5.41) is 5.90. The molecule has 1 aromatic carbocycles. The number of nitrogens with one attached hydrogen (secondary N) is 2. The first-order valence-corrected chi connectivity index (χ1v) is 5.23. The lowest BCUT2D eigenvalue weighted by Gasteiger charge is -2.11. The maximum atomic E-state index is 13.4. The Morgan fingerprint density at radius 3 is 3.00 bits per heavy atom. The van der Waals surface area contributed by atoms with Crippen LogP contribution in [-0.2, 0) is 0 Å². The van der Waals surface area contributed by atoms with Crippen molar-refractivity contribution in [3.63, 3.8) is 0 Å². The summed E-state index contributed by atoms with van der Waals surface area (Å²) < 4.78 is 13.4. The average molecular weight is 223 g/mol. The maximum Gasteiger partial charge on any atom is 0.254 e. The van der Waals surface area contributed by atoms with Crippen molar-refractivity contribution in [1.82, 2.24) is 10.6 Å². The second-order valence-corrected chi connectivity index (χ2v) is 3.90. The van der Waals surface area contributed by atoms with E-state index in [1.807, 2.05) is 0 Å². The number of carbonyl (C=O) groups excluding carboxylic acids is 1. The lowest BCUT2D eigenvalue weighted by molar-refractivity contribution is 0.0936. The van der Waals surface area contributed by atoms with Crippen molar-refractivity contribution >= 4 is 11.6 Å². The Morgan fingerprint density at radius 1 is 1.56 bits per heavy atom. The van der Waals surface area contributed by atoms with Gasteiger partial charge >= 0.3 is 0 Å². The van der Waals surface area contributed by atoms with Crippen LogP contribution in [-0.4, -0.2) is 25.0 Å². The van der Waals surface area contributed by atoms with Crippen LogP contribution in [0.2, 0.25) is 0 Å². The third-order valence-corrected chi connectivity index (χ3v) is 2.63. The molecule has 1 amide bonds. The van der Waals surface area contributed by atoms with Crippen molar-refractivity contribution in [2.75, 3.05) is 18.8 Å². The van der Waals surface area contributed by atoms with Crippen LogP contribution >= 0.6 is 0 Å². The Morgan fingerprint density at radius 2 is 2.38 bits per heavy atom. The van der Waals surface area contributed by atoms with Gasteiger partial charge in [-0.15, -0.1) is 0 Å². The van der Waals surface area contributed by atoms with Crippen LogP contribution in [0.25, 0.3) is 0 Å². The van der Waals surface area contributed by atoms with Gasteiger partial charge in [0, 0.05) is 18.3 Å². The van der Waals surface area contributed by atoms with Crippen molar-refractivity contribution in [2.24, 2.45) is 0 Å². The van der Waals surface area contributed by atoms with Crippen molar-refractivity contribution < 1.29 is 9.18 Å². The Balaban J connectivity index is 2.08. The molecule has 2 rings (SSSR count). The molecule has 4 nitrogen and oxygen atoms in total. The van der Waals surface area contributed by atoms with E-state index in [-0.39, 0.29) is 17.5 Å². The quantitative estimate of drug-likeness (QED) is 0.639. The number of rotatable bonds is 2. The smallest absolute Gasteiger partial charge is 0.254 e. The summed E-state index contributed by atoms with van der Waals surface area (Å²) >= 11 is 0. The van der Waals surface area contributed by atoms with Crippen LogP contribution in [0.1, 0.15) is 16.8 Å². The maximum absolute atomic E-state index is 13.4. The summed E-state index contributed by atoms with van der Waals surface area (Å²) in [5.41, 5.74) is 5.77. The molecule has 0 aliphatic carbocycles. The molecule has 0 spiro atoms. The number of hydrogen-bond acceptors (Lipinski definition) is 3. The fraction of sp³-hybridized carbons (Fsp3) is 0.364. The number of carbonyl (C=O) groups is 1. The lowest BCUT2D eigenvalue weighted by atomic mass is 10.1. The van der Waals surface area contributed by atoms with E-state index in [4.69, 9.17) is 5.73 Å². The zero-order chi connectivity index (χ0) is 11.5. The molecular formula is C11H14FN3O. The molecule has 86 valence electrons. The van der Waals surface area contributed by atoms with E-state index in [1.165, 1.54) is 12.1 Å². The minimum Gasteiger partial charge on any atom is -0.399 e. The molecule has 1 aliphatic heterocycles. The second-order valence-electron chi connectivity index (χ2n) is 3.90. The highest BCUT2D eigenvalue weighted by atomic mass is 19.1. The van der Waals surface area contributed by atoms with Gasteiger partial charge in [-0.1, -0.05) is 0 Å². The molecule has 1 atom stereocenters. The van der Waals surface area contributed by atoms with Crippen molar-refractivity contribution in [3.8, 4) is 0 Å². The Hall–Kier alpha value is -1.62. The Kier molecular flexibility index (Phi) is 3.05. The van der Waals surface area contributed by atoms with Gasteiger partial charge in [-0.2, -0.15) is 0 Å². The number of nitrogens with two attached hydrogens (primary N) is 1. The molecule has 4 N–H and O–H groups in total. The van der Waals surface area contributed by atoms with Crippen LogP contribution in [0, 0.1) is 5.82 Å². The number of anilines is 1. The monoisotopic (exact) mass is 223 g/mol. The summed E-state index contributed by atoms with van der Waals surface area (Å²) in [6.07, 6.45) is 0.877. The molecule has 0 aromatic heterocycles. The van der Waals surface area contributed by atoms with Gasteiger partial charge in [-0.05, 0) is 31.2 Å². The van der Waals surface area contributed by atoms with Crippen LogP contribution in [0.5, 0.6) is 0 Å². The van der Waals surface area contributed by atoms with Gasteiger partial charge in [0.05, 0.1) is 5.56 Å². The molecule has 1 heterocycles. The van der Waals surface area contributed by atoms with Gasteiger partial charge in [0.1, 0.15) is 5.82 Å². The Labute approximate surface area is 93.0 Å². The molecule has 1 aromatic rings. The van der Waals surface area contributed by atoms with E-state index in [2.05, 4.69) is 10.6 Å². The number of amides is 1. The van der Waals surface area contributed by atoms with Crippen molar-refractivity contribution in [1.29, 1.82) is 0 Å². The molecule has 0 unspecified atom stereocenters. The summed E-state index contributed by atoms with van der Waals surface area (Å²) in [6, 6.07) is 4.17. The van der Waals surface area contributed by atoms with E-state index in [9.17, 15) is 9.18 Å². The second kappa shape index (κ2) is 4.49. The highest BCUT2D eigenvalue weighted by Gasteiger charge is 2.19. The minimum atomic E-state index is -0.580. The van der Waals surface area contributed by atoms with E-state index >= 15 is 0 Å². The number of nitrogen functional groups attached to an aromatic ring is 1. The molecule has 16 heavy (non-hydrogen) atoms. The molecule has 1 aliphatic rings. The first-order chi connectivity index (χ1) is 7.66. The molecule has 0 radical (unpaired) electrons. The van der Waals surface area contributed by atoms with E-state index in [0.717, 1.165) is 25.6 Å². The van der Waals surface area contributed by atoms with Gasteiger partial charge < -0.3 is 16.4 Å². The zero-order valence-corrected chi connectivity index (χ0v) is 8.79. The Bertz CT molecular complexity index is 402. The van der Waals surface area contributed by atoms with Gasteiger partial charge in [0.25, 0.3) is 5.91 Å². The molecule has 0 bridgehead atoms. The average Bonchev–Trinajstić information content (AvgIpc) is 2.70. The summed E-state index contributed by atoms with van der Waals surface area (Å²) in [5.74, 6) is -0.963. The number of benzene rings is 1. The van der Waals surface area contributed by atoms with E-state index in [1.54, 1.807) is 0 Å². The SMILES string of the molecule is Nc1ccc(C(=O)N[C@@H]2CCNC2)c(F)c1. The standard InChI is InChI=1S/C11H14FN3O/c12-10-5-7(13)1-2-9(10)11(16)15-8-3-4-14-6-8/h1-2,5,8,14H,3-4,6,13H2,(H,15,16)/t8-/m1/s1. The molecule has 0 saturated carbocycles. The third-order valence-electron chi connectivity index (χ3n) is 2.63. The molecule has 1 saturated heterocycles. The van der Waals surface area contributed by atoms with Gasteiger partial charge in [-0.3, -0.25) is 4.79 Å². The van der Waals surface area contributed by atoms with Crippen molar-refractivity contribution in [3.05, 3.63) is 29.6 Å². The van der Waals surface area contributed by atoms with Crippen LogP contribution in [0.15, 0.2) is 18.2 Å². The highest BCUT2D eigenvalue weighted by molar-refractivity contribution is 5.95. The number of halogens is 1. The summed E-state index contributed by atoms with van der Waals surface area (Å²) in [7, 11) is 0. The van der Waals surface area contributed by atoms with Crippen LogP contribution in [0.3, 0.4) is 0 Å². The topological polar surface area (TPSA) is 67.2 Å². The summed E-state index contributed by atoms with van der Waals surface area (Å²) in [4.78, 5) is 11.7. The molecule has 5 heteroatoms. The molecule has 1 fully saturated rings. The first-order valence-electron chi connectivity index (χ1n) is 5.23. The van der Waals surface area contributed by atoms with E-state index < -0.39 is 5.82 Å². The number of hydrogen-bond donors (Lipinski definition) is 3.